The number of aliphatic hydroxyl groups excluding tert-OH is 1. The largest absolute Gasteiger partial charge is 0.394 e. The minimum absolute atomic E-state index is 0.0114. The van der Waals surface area contributed by atoms with Crippen LogP contribution in [0.3, 0.4) is 0 Å². The Morgan fingerprint density at radius 2 is 1.12 bits per heavy atom. The average molecular weight is 456 g/mol. The van der Waals surface area contributed by atoms with Crippen molar-refractivity contribution in [1.82, 2.24) is 0 Å². The molecular weight excluding hydrogens is 424 g/mol. The molecule has 180 valence electrons. The first-order chi connectivity index (χ1) is 15.8. The molecule has 0 amide bonds. The Morgan fingerprint density at radius 1 is 0.688 bits per heavy atom. The highest BCUT2D eigenvalue weighted by atomic mass is 17.2. The van der Waals surface area contributed by atoms with Crippen LogP contribution < -0.4 is 0 Å². The van der Waals surface area contributed by atoms with Crippen molar-refractivity contribution in [2.75, 3.05) is 79.3 Å². The van der Waals surface area contributed by atoms with Crippen molar-refractivity contribution < 1.29 is 48.2 Å². The lowest BCUT2D eigenvalue weighted by atomic mass is 10.1. The normalized spacial score (nSPS) is 11.2. The Hall–Kier alpha value is -2.18. The summed E-state index contributed by atoms with van der Waals surface area (Å²) < 4.78 is 26.3. The van der Waals surface area contributed by atoms with E-state index in [9.17, 15) is 9.59 Å². The molecule has 1 aromatic rings. The summed E-state index contributed by atoms with van der Waals surface area (Å²) >= 11 is 0. The molecule has 0 aliphatic carbocycles. The third-order valence-corrected chi connectivity index (χ3v) is 3.66. The van der Waals surface area contributed by atoms with Crippen LogP contribution in [-0.2, 0) is 38.3 Å². The van der Waals surface area contributed by atoms with Crippen LogP contribution in [0.15, 0.2) is 30.3 Å². The molecule has 0 bridgehead atoms. The van der Waals surface area contributed by atoms with Crippen LogP contribution in [0.2, 0.25) is 0 Å². The van der Waals surface area contributed by atoms with Crippen LogP contribution in [0.25, 0.3) is 6.08 Å². The highest BCUT2D eigenvalue weighted by Crippen LogP contribution is 2.04. The Morgan fingerprint density at radius 3 is 1.59 bits per heavy atom. The summed E-state index contributed by atoms with van der Waals surface area (Å²) in [7, 11) is 0. The van der Waals surface area contributed by atoms with Gasteiger partial charge in [0, 0.05) is 11.6 Å². The Labute approximate surface area is 187 Å². The second-order valence-corrected chi connectivity index (χ2v) is 6.13. The zero-order chi connectivity index (χ0) is 23.1. The number of rotatable bonds is 21. The van der Waals surface area contributed by atoms with Crippen molar-refractivity contribution in [2.45, 2.75) is 0 Å². The topological polar surface area (TPSA) is 119 Å². The summed E-state index contributed by atoms with van der Waals surface area (Å²) in [5.74, 6) is -0.645. The van der Waals surface area contributed by atoms with Crippen LogP contribution in [0.1, 0.15) is 15.9 Å². The van der Waals surface area contributed by atoms with Gasteiger partial charge < -0.3 is 28.8 Å². The number of benzene rings is 1. The monoisotopic (exact) mass is 456 g/mol. The molecule has 0 aliphatic heterocycles. The number of aliphatic hydroxyl groups is 1. The predicted molar refractivity (Wildman–Crippen MR) is 114 cm³/mol. The van der Waals surface area contributed by atoms with Gasteiger partial charge in [-0.2, -0.15) is 4.89 Å². The third-order valence-electron chi connectivity index (χ3n) is 3.66. The number of hydrogen-bond acceptors (Lipinski definition) is 10. The second-order valence-electron chi connectivity index (χ2n) is 6.13. The third kappa shape index (κ3) is 16.5. The number of hydrogen-bond donors (Lipinski definition) is 1. The van der Waals surface area contributed by atoms with Crippen LogP contribution >= 0.6 is 0 Å². The van der Waals surface area contributed by atoms with Crippen molar-refractivity contribution in [3.63, 3.8) is 0 Å². The average Bonchev–Trinajstić information content (AvgIpc) is 2.82. The molecule has 10 nitrogen and oxygen atoms in total. The molecule has 0 aromatic heterocycles. The minimum atomic E-state index is -0.645. The summed E-state index contributed by atoms with van der Waals surface area (Å²) in [6.07, 6.45) is 3.53. The van der Waals surface area contributed by atoms with Crippen LogP contribution in [0.4, 0.5) is 0 Å². The van der Waals surface area contributed by atoms with E-state index in [1.54, 1.807) is 30.3 Å². The lowest BCUT2D eigenvalue weighted by Crippen LogP contribution is -2.14. The van der Waals surface area contributed by atoms with Crippen LogP contribution in [-0.4, -0.2) is 96.6 Å². The number of aldehydes is 1. The molecule has 0 saturated carbocycles. The highest BCUT2D eigenvalue weighted by Gasteiger charge is 1.99. The fourth-order valence-corrected chi connectivity index (χ4v) is 2.12. The molecule has 1 N–H and O–H groups in total. The molecule has 0 spiro atoms. The first kappa shape index (κ1) is 27.9. The van der Waals surface area contributed by atoms with Crippen molar-refractivity contribution in [3.05, 3.63) is 41.5 Å². The molecule has 32 heavy (non-hydrogen) atoms. The van der Waals surface area contributed by atoms with Gasteiger partial charge in [-0.3, -0.25) is 9.68 Å². The Balaban J connectivity index is 1.82. The number of carbonyl (C=O) groups is 2. The SMILES string of the molecule is O=Cc1ccc(/C=C/C(=O)OOCCOCCOCCOCCOCCOCCO)cc1. The van der Waals surface area contributed by atoms with E-state index >= 15 is 0 Å². The molecule has 1 aromatic carbocycles. The van der Waals surface area contributed by atoms with Gasteiger partial charge in [-0.25, -0.2) is 4.79 Å². The minimum Gasteiger partial charge on any atom is -0.394 e. The van der Waals surface area contributed by atoms with E-state index in [1.807, 2.05) is 0 Å². The van der Waals surface area contributed by atoms with Gasteiger partial charge in [0.25, 0.3) is 0 Å². The van der Waals surface area contributed by atoms with E-state index in [2.05, 4.69) is 4.89 Å². The fraction of sp³-hybridized carbons (Fsp3) is 0.545. The zero-order valence-electron chi connectivity index (χ0n) is 18.1. The quantitative estimate of drug-likeness (QED) is 0.0945. The van der Waals surface area contributed by atoms with Gasteiger partial charge in [0.05, 0.1) is 72.7 Å². The molecular formula is C22H32O10. The lowest BCUT2D eigenvalue weighted by molar-refractivity contribution is -0.271. The Bertz CT molecular complexity index is 618. The summed E-state index contributed by atoms with van der Waals surface area (Å²) in [6, 6.07) is 6.73. The molecule has 1 rings (SSSR count). The van der Waals surface area contributed by atoms with Gasteiger partial charge >= 0.3 is 5.97 Å². The summed E-state index contributed by atoms with van der Waals surface area (Å²) in [5.41, 5.74) is 1.32. The van der Waals surface area contributed by atoms with Crippen LogP contribution in [0.5, 0.6) is 0 Å². The Kier molecular flexibility index (Phi) is 18.0. The van der Waals surface area contributed by atoms with Crippen molar-refractivity contribution in [2.24, 2.45) is 0 Å². The smallest absolute Gasteiger partial charge is 0.365 e. The van der Waals surface area contributed by atoms with Gasteiger partial charge in [0.1, 0.15) is 12.9 Å². The van der Waals surface area contributed by atoms with Gasteiger partial charge in [0.15, 0.2) is 0 Å². The first-order valence-corrected chi connectivity index (χ1v) is 10.3. The molecule has 0 heterocycles. The maximum absolute atomic E-state index is 11.5. The van der Waals surface area contributed by atoms with Crippen LogP contribution in [0, 0.1) is 0 Å². The summed E-state index contributed by atoms with van der Waals surface area (Å²) in [4.78, 5) is 31.5. The number of ether oxygens (including phenoxy) is 5. The molecule has 0 radical (unpaired) electrons. The van der Waals surface area contributed by atoms with E-state index in [4.69, 9.17) is 33.7 Å². The van der Waals surface area contributed by atoms with E-state index in [1.165, 1.54) is 6.08 Å². The molecule has 0 atom stereocenters. The zero-order valence-corrected chi connectivity index (χ0v) is 18.1. The van der Waals surface area contributed by atoms with E-state index in [0.717, 1.165) is 11.8 Å². The summed E-state index contributed by atoms with van der Waals surface area (Å²) in [6.45, 7) is 4.24. The number of carbonyl (C=O) groups excluding carboxylic acids is 2. The van der Waals surface area contributed by atoms with Crippen molar-refractivity contribution >= 4 is 18.3 Å². The van der Waals surface area contributed by atoms with Gasteiger partial charge in [-0.1, -0.05) is 24.3 Å². The molecule has 0 unspecified atom stereocenters. The molecule has 0 fully saturated rings. The van der Waals surface area contributed by atoms with Crippen molar-refractivity contribution in [1.29, 1.82) is 0 Å². The molecule has 0 saturated heterocycles. The van der Waals surface area contributed by atoms with E-state index < -0.39 is 5.97 Å². The van der Waals surface area contributed by atoms with E-state index in [-0.39, 0.29) is 19.8 Å². The van der Waals surface area contributed by atoms with Gasteiger partial charge in [-0.05, 0) is 11.6 Å². The standard InChI is InChI=1S/C22H32O10/c23-7-8-26-9-10-27-11-12-28-13-14-29-15-16-30-17-18-31-32-22(25)6-5-20-1-3-21(19-24)4-2-20/h1-6,19,23H,7-18H2/b6-5+. The maximum atomic E-state index is 11.5. The fourth-order valence-electron chi connectivity index (χ4n) is 2.12. The lowest BCUT2D eigenvalue weighted by Gasteiger charge is -2.07. The van der Waals surface area contributed by atoms with Gasteiger partial charge in [-0.15, -0.1) is 0 Å². The van der Waals surface area contributed by atoms with Crippen molar-refractivity contribution in [3.8, 4) is 0 Å². The first-order valence-electron chi connectivity index (χ1n) is 10.3. The highest BCUT2D eigenvalue weighted by molar-refractivity contribution is 5.86. The summed E-state index contributed by atoms with van der Waals surface area (Å²) in [5, 5.41) is 8.53. The van der Waals surface area contributed by atoms with E-state index in [0.29, 0.717) is 65.0 Å². The molecule has 0 aliphatic rings. The predicted octanol–water partition coefficient (Wildman–Crippen LogP) is 1.06. The second kappa shape index (κ2) is 20.7. The van der Waals surface area contributed by atoms with Gasteiger partial charge in [0.2, 0.25) is 0 Å². The maximum Gasteiger partial charge on any atom is 0.365 e. The molecule has 10 heteroatoms.